The summed E-state index contributed by atoms with van der Waals surface area (Å²) in [5.41, 5.74) is 1.25. The van der Waals surface area contributed by atoms with Crippen LogP contribution in [0.1, 0.15) is 11.3 Å². The van der Waals surface area contributed by atoms with Crippen molar-refractivity contribution in [1.82, 2.24) is 15.0 Å². The summed E-state index contributed by atoms with van der Waals surface area (Å²) in [5, 5.41) is 20.0. The Hall–Kier alpha value is -1.47. The molecule has 1 aromatic heterocycles. The average Bonchev–Trinajstić information content (AvgIpc) is 2.79. The van der Waals surface area contributed by atoms with Gasteiger partial charge in [0.25, 0.3) is 5.69 Å². The van der Waals surface area contributed by atoms with Crippen molar-refractivity contribution in [1.29, 1.82) is 0 Å². The zero-order valence-corrected chi connectivity index (χ0v) is 12.1. The largest absolute Gasteiger partial charge is 0.275 e. The third-order valence-corrected chi connectivity index (χ3v) is 3.30. The minimum Gasteiger partial charge on any atom is -0.258 e. The van der Waals surface area contributed by atoms with Crippen LogP contribution in [-0.4, -0.2) is 25.2 Å². The highest BCUT2D eigenvalue weighted by Crippen LogP contribution is 2.26. The second kappa shape index (κ2) is 6.12. The van der Waals surface area contributed by atoms with E-state index in [4.69, 9.17) is 11.6 Å². The first kappa shape index (κ1) is 14.0. The standard InChI is InChI=1S/C11H10BrClN4O2/c12-5-4-8-6-16(15-14-8)7-9-10(13)2-1-3-11(9)17(18)19/h1-3,6H,4-5,7H2. The fourth-order valence-corrected chi connectivity index (χ4v) is 2.30. The summed E-state index contributed by atoms with van der Waals surface area (Å²) in [6.45, 7) is 0.227. The SMILES string of the molecule is O=[N+]([O-])c1cccc(Cl)c1Cn1cc(CCBr)nn1. The molecule has 0 aliphatic heterocycles. The number of nitro benzene ring substituents is 1. The number of alkyl halides is 1. The van der Waals surface area contributed by atoms with Gasteiger partial charge in [0.05, 0.1) is 27.7 Å². The van der Waals surface area contributed by atoms with Crippen LogP contribution in [0.3, 0.4) is 0 Å². The first-order valence-corrected chi connectivity index (χ1v) is 6.98. The molecule has 0 amide bonds. The zero-order chi connectivity index (χ0) is 13.8. The Balaban J connectivity index is 2.29. The van der Waals surface area contributed by atoms with E-state index in [1.54, 1.807) is 23.0 Å². The fourth-order valence-electron chi connectivity index (χ4n) is 1.66. The quantitative estimate of drug-likeness (QED) is 0.474. The number of rotatable bonds is 5. The summed E-state index contributed by atoms with van der Waals surface area (Å²) in [6.07, 6.45) is 2.51. The van der Waals surface area contributed by atoms with E-state index in [0.29, 0.717) is 10.6 Å². The molecule has 2 rings (SSSR count). The maximum atomic E-state index is 11.0. The summed E-state index contributed by atoms with van der Waals surface area (Å²) < 4.78 is 1.55. The summed E-state index contributed by atoms with van der Waals surface area (Å²) in [4.78, 5) is 10.5. The summed E-state index contributed by atoms with van der Waals surface area (Å²) in [5.74, 6) is 0. The van der Waals surface area contributed by atoms with Gasteiger partial charge in [0.2, 0.25) is 0 Å². The summed E-state index contributed by atoms with van der Waals surface area (Å²) in [7, 11) is 0. The number of benzene rings is 1. The van der Waals surface area contributed by atoms with Gasteiger partial charge in [-0.3, -0.25) is 10.1 Å². The predicted molar refractivity (Wildman–Crippen MR) is 74.7 cm³/mol. The molecule has 0 saturated heterocycles. The van der Waals surface area contributed by atoms with Gasteiger partial charge in [0.1, 0.15) is 0 Å². The lowest BCUT2D eigenvalue weighted by Crippen LogP contribution is -2.04. The molecule has 0 unspecified atom stereocenters. The Labute approximate surface area is 122 Å². The molecule has 0 bridgehead atoms. The Bertz CT molecular complexity index is 602. The summed E-state index contributed by atoms with van der Waals surface area (Å²) in [6, 6.07) is 4.61. The average molecular weight is 346 g/mol. The maximum Gasteiger partial charge on any atom is 0.275 e. The monoisotopic (exact) mass is 344 g/mol. The number of hydrogen-bond acceptors (Lipinski definition) is 4. The van der Waals surface area contributed by atoms with E-state index < -0.39 is 4.92 Å². The number of nitro groups is 1. The van der Waals surface area contributed by atoms with Gasteiger partial charge in [-0.05, 0) is 6.07 Å². The molecular weight excluding hydrogens is 336 g/mol. The van der Waals surface area contributed by atoms with Crippen molar-refractivity contribution in [3.05, 3.63) is 50.8 Å². The molecule has 0 radical (unpaired) electrons. The first-order chi connectivity index (χ1) is 9.11. The van der Waals surface area contributed by atoms with Gasteiger partial charge in [-0.1, -0.05) is 38.8 Å². The van der Waals surface area contributed by atoms with Gasteiger partial charge < -0.3 is 0 Å². The number of halogens is 2. The maximum absolute atomic E-state index is 11.0. The van der Waals surface area contributed by atoms with Crippen molar-refractivity contribution < 1.29 is 4.92 Å². The predicted octanol–water partition coefficient (Wildman–Crippen LogP) is 2.83. The van der Waals surface area contributed by atoms with Crippen LogP contribution in [0.5, 0.6) is 0 Å². The van der Waals surface area contributed by atoms with Gasteiger partial charge in [0.15, 0.2) is 0 Å². The van der Waals surface area contributed by atoms with Gasteiger partial charge in [0, 0.05) is 24.0 Å². The van der Waals surface area contributed by atoms with Gasteiger partial charge in [-0.25, -0.2) is 4.68 Å². The molecular formula is C11H10BrClN4O2. The summed E-state index contributed by atoms with van der Waals surface area (Å²) >= 11 is 9.33. The Morgan fingerprint density at radius 2 is 2.26 bits per heavy atom. The second-order valence-electron chi connectivity index (χ2n) is 3.84. The van der Waals surface area contributed by atoms with Crippen molar-refractivity contribution in [2.24, 2.45) is 0 Å². The van der Waals surface area contributed by atoms with Gasteiger partial charge in [-0.2, -0.15) is 0 Å². The lowest BCUT2D eigenvalue weighted by Gasteiger charge is -2.04. The van der Waals surface area contributed by atoms with Crippen LogP contribution in [0, 0.1) is 10.1 Å². The molecule has 0 atom stereocenters. The molecule has 0 fully saturated rings. The van der Waals surface area contributed by atoms with Crippen LogP contribution < -0.4 is 0 Å². The highest BCUT2D eigenvalue weighted by molar-refractivity contribution is 9.09. The van der Waals surface area contributed by atoms with Crippen molar-refractivity contribution in [3.63, 3.8) is 0 Å². The molecule has 0 spiro atoms. The normalized spacial score (nSPS) is 10.6. The van der Waals surface area contributed by atoms with Crippen LogP contribution >= 0.6 is 27.5 Å². The van der Waals surface area contributed by atoms with Crippen molar-refractivity contribution >= 4 is 33.2 Å². The van der Waals surface area contributed by atoms with E-state index in [9.17, 15) is 10.1 Å². The molecule has 6 nitrogen and oxygen atoms in total. The lowest BCUT2D eigenvalue weighted by molar-refractivity contribution is -0.385. The second-order valence-corrected chi connectivity index (χ2v) is 5.04. The number of aromatic nitrogens is 3. The van der Waals surface area contributed by atoms with E-state index in [2.05, 4.69) is 26.2 Å². The minimum atomic E-state index is -0.447. The van der Waals surface area contributed by atoms with Crippen LogP contribution in [0.2, 0.25) is 5.02 Å². The lowest BCUT2D eigenvalue weighted by atomic mass is 10.2. The molecule has 2 aromatic rings. The van der Waals surface area contributed by atoms with E-state index in [1.807, 2.05) is 0 Å². The number of nitrogens with zero attached hydrogens (tertiary/aromatic N) is 4. The zero-order valence-electron chi connectivity index (χ0n) is 9.79. The Morgan fingerprint density at radius 1 is 1.47 bits per heavy atom. The number of aryl methyl sites for hydroxylation is 1. The molecule has 0 aliphatic rings. The number of hydrogen-bond donors (Lipinski definition) is 0. The van der Waals surface area contributed by atoms with Crippen LogP contribution in [0.4, 0.5) is 5.69 Å². The molecule has 1 heterocycles. The Morgan fingerprint density at radius 3 is 2.95 bits per heavy atom. The minimum absolute atomic E-state index is 0.00922. The highest BCUT2D eigenvalue weighted by atomic mass is 79.9. The third-order valence-electron chi connectivity index (χ3n) is 2.55. The Kier molecular flexibility index (Phi) is 4.49. The van der Waals surface area contributed by atoms with Crippen molar-refractivity contribution in [2.75, 3.05) is 5.33 Å². The van der Waals surface area contributed by atoms with E-state index in [1.165, 1.54) is 6.07 Å². The fraction of sp³-hybridized carbons (Fsp3) is 0.273. The molecule has 1 aromatic carbocycles. The van der Waals surface area contributed by atoms with Crippen LogP contribution in [0.15, 0.2) is 24.4 Å². The smallest absolute Gasteiger partial charge is 0.258 e. The van der Waals surface area contributed by atoms with E-state index in [-0.39, 0.29) is 12.2 Å². The van der Waals surface area contributed by atoms with Crippen molar-refractivity contribution in [3.8, 4) is 0 Å². The third kappa shape index (κ3) is 3.30. The highest BCUT2D eigenvalue weighted by Gasteiger charge is 2.17. The molecule has 0 aliphatic carbocycles. The van der Waals surface area contributed by atoms with Gasteiger partial charge >= 0.3 is 0 Å². The van der Waals surface area contributed by atoms with Gasteiger partial charge in [-0.15, -0.1) is 5.10 Å². The van der Waals surface area contributed by atoms with Crippen molar-refractivity contribution in [2.45, 2.75) is 13.0 Å². The first-order valence-electron chi connectivity index (χ1n) is 5.48. The topological polar surface area (TPSA) is 73.8 Å². The molecule has 0 N–H and O–H groups in total. The molecule has 8 heteroatoms. The molecule has 0 saturated carbocycles. The molecule has 19 heavy (non-hydrogen) atoms. The van der Waals surface area contributed by atoms with Crippen LogP contribution in [0.25, 0.3) is 0 Å². The van der Waals surface area contributed by atoms with Crippen LogP contribution in [-0.2, 0) is 13.0 Å². The molecule has 100 valence electrons. The van der Waals surface area contributed by atoms with E-state index in [0.717, 1.165) is 17.4 Å². The van der Waals surface area contributed by atoms with E-state index >= 15 is 0 Å².